The van der Waals surface area contributed by atoms with Crippen molar-refractivity contribution in [2.75, 3.05) is 5.73 Å². The highest BCUT2D eigenvalue weighted by molar-refractivity contribution is 6.30. The van der Waals surface area contributed by atoms with Gasteiger partial charge in [-0.2, -0.15) is 5.26 Å². The number of pyridine rings is 1. The predicted octanol–water partition coefficient (Wildman–Crippen LogP) is 5.14. The van der Waals surface area contributed by atoms with Crippen LogP contribution in [0.4, 0.5) is 5.82 Å². The zero-order valence-corrected chi connectivity index (χ0v) is 14.2. The Morgan fingerprint density at radius 2 is 1.75 bits per heavy atom. The fraction of sp³-hybridized carbons (Fsp3) is 0.100. The van der Waals surface area contributed by atoms with E-state index < -0.39 is 0 Å². The Kier molecular flexibility index (Phi) is 4.24. The van der Waals surface area contributed by atoms with Crippen molar-refractivity contribution in [2.45, 2.75) is 13.8 Å². The molecule has 1 heterocycles. The maximum atomic E-state index is 9.57. The van der Waals surface area contributed by atoms with Crippen molar-refractivity contribution in [3.05, 3.63) is 70.2 Å². The molecule has 4 heteroatoms. The number of aromatic nitrogens is 1. The Labute approximate surface area is 146 Å². The molecule has 0 saturated heterocycles. The lowest BCUT2D eigenvalue weighted by molar-refractivity contribution is 1.26. The lowest BCUT2D eigenvalue weighted by Crippen LogP contribution is -2.03. The zero-order valence-electron chi connectivity index (χ0n) is 13.5. The van der Waals surface area contributed by atoms with Gasteiger partial charge >= 0.3 is 0 Å². The van der Waals surface area contributed by atoms with Crippen LogP contribution in [0.2, 0.25) is 5.02 Å². The van der Waals surface area contributed by atoms with E-state index in [1.165, 1.54) is 0 Å². The average Bonchev–Trinajstić information content (AvgIpc) is 2.56. The van der Waals surface area contributed by atoms with Gasteiger partial charge in [-0.3, -0.25) is 0 Å². The maximum Gasteiger partial charge on any atom is 0.142 e. The van der Waals surface area contributed by atoms with Crippen molar-refractivity contribution in [3.8, 4) is 28.5 Å². The molecule has 118 valence electrons. The fourth-order valence-electron chi connectivity index (χ4n) is 2.89. The van der Waals surface area contributed by atoms with Crippen molar-refractivity contribution in [3.63, 3.8) is 0 Å². The van der Waals surface area contributed by atoms with Gasteiger partial charge in [0.15, 0.2) is 0 Å². The summed E-state index contributed by atoms with van der Waals surface area (Å²) in [6, 6.07) is 17.7. The standard InChI is InChI=1S/C20H16ClN3/c1-12-5-3-6-14(9-12)18-13(2)19(24-20(23)17(18)11-22)15-7-4-8-16(21)10-15/h3-10H,1-2H3,(H2,23,24). The van der Waals surface area contributed by atoms with E-state index in [-0.39, 0.29) is 5.82 Å². The number of nitrogens with zero attached hydrogens (tertiary/aromatic N) is 2. The summed E-state index contributed by atoms with van der Waals surface area (Å²) in [7, 11) is 0. The number of anilines is 1. The normalized spacial score (nSPS) is 10.4. The van der Waals surface area contributed by atoms with Crippen molar-refractivity contribution in [1.82, 2.24) is 4.98 Å². The third-order valence-corrected chi connectivity index (χ3v) is 4.22. The Morgan fingerprint density at radius 3 is 2.42 bits per heavy atom. The van der Waals surface area contributed by atoms with E-state index in [4.69, 9.17) is 17.3 Å². The molecule has 1 aromatic heterocycles. The van der Waals surface area contributed by atoms with Gasteiger partial charge in [-0.05, 0) is 37.1 Å². The molecule has 0 saturated carbocycles. The van der Waals surface area contributed by atoms with Crippen LogP contribution in [0.15, 0.2) is 48.5 Å². The van der Waals surface area contributed by atoms with Gasteiger partial charge in [0.1, 0.15) is 17.5 Å². The van der Waals surface area contributed by atoms with Gasteiger partial charge in [-0.25, -0.2) is 4.98 Å². The highest BCUT2D eigenvalue weighted by atomic mass is 35.5. The van der Waals surface area contributed by atoms with E-state index in [1.807, 2.05) is 62.4 Å². The third-order valence-electron chi connectivity index (χ3n) is 3.99. The van der Waals surface area contributed by atoms with E-state index in [0.717, 1.165) is 33.5 Å². The minimum Gasteiger partial charge on any atom is -0.383 e. The van der Waals surface area contributed by atoms with E-state index in [0.29, 0.717) is 10.6 Å². The average molecular weight is 334 g/mol. The van der Waals surface area contributed by atoms with E-state index in [2.05, 4.69) is 11.1 Å². The van der Waals surface area contributed by atoms with Crippen molar-refractivity contribution >= 4 is 17.4 Å². The highest BCUT2D eigenvalue weighted by Crippen LogP contribution is 2.36. The molecule has 0 aliphatic carbocycles. The summed E-state index contributed by atoms with van der Waals surface area (Å²) in [6.07, 6.45) is 0. The fourth-order valence-corrected chi connectivity index (χ4v) is 3.08. The number of halogens is 1. The van der Waals surface area contributed by atoms with Crippen LogP contribution in [0.25, 0.3) is 22.4 Å². The summed E-state index contributed by atoms with van der Waals surface area (Å²) in [4.78, 5) is 4.46. The number of hydrogen-bond acceptors (Lipinski definition) is 3. The van der Waals surface area contributed by atoms with E-state index >= 15 is 0 Å². The van der Waals surface area contributed by atoms with Gasteiger partial charge in [0, 0.05) is 16.1 Å². The quantitative estimate of drug-likeness (QED) is 0.706. The molecule has 0 fully saturated rings. The minimum absolute atomic E-state index is 0.231. The molecule has 0 aliphatic heterocycles. The molecule has 0 aliphatic rings. The summed E-state index contributed by atoms with van der Waals surface area (Å²) >= 11 is 6.11. The SMILES string of the molecule is Cc1cccc(-c2c(C)c(-c3cccc(Cl)c3)nc(N)c2C#N)c1. The second-order valence-corrected chi connectivity index (χ2v) is 6.15. The van der Waals surface area contributed by atoms with Gasteiger partial charge < -0.3 is 5.73 Å². The van der Waals surface area contributed by atoms with Gasteiger partial charge in [-0.1, -0.05) is 53.6 Å². The monoisotopic (exact) mass is 333 g/mol. The lowest BCUT2D eigenvalue weighted by atomic mass is 9.92. The summed E-state index contributed by atoms with van der Waals surface area (Å²) in [5, 5.41) is 10.2. The van der Waals surface area contributed by atoms with Crippen LogP contribution in [0, 0.1) is 25.2 Å². The molecule has 3 rings (SSSR count). The number of benzene rings is 2. The van der Waals surface area contributed by atoms with Gasteiger partial charge in [0.25, 0.3) is 0 Å². The Balaban J connectivity index is 2.34. The van der Waals surface area contributed by atoms with E-state index in [9.17, 15) is 5.26 Å². The summed E-state index contributed by atoms with van der Waals surface area (Å²) in [5.41, 5.74) is 11.9. The minimum atomic E-state index is 0.231. The zero-order chi connectivity index (χ0) is 17.3. The van der Waals surface area contributed by atoms with Crippen LogP contribution in [0.1, 0.15) is 16.7 Å². The van der Waals surface area contributed by atoms with Crippen molar-refractivity contribution in [2.24, 2.45) is 0 Å². The molecule has 3 nitrogen and oxygen atoms in total. The predicted molar refractivity (Wildman–Crippen MR) is 98.7 cm³/mol. The van der Waals surface area contributed by atoms with Crippen LogP contribution in [0.3, 0.4) is 0 Å². The van der Waals surface area contributed by atoms with E-state index in [1.54, 1.807) is 0 Å². The first-order chi connectivity index (χ1) is 11.5. The van der Waals surface area contributed by atoms with Crippen LogP contribution in [-0.4, -0.2) is 4.98 Å². The van der Waals surface area contributed by atoms with Crippen molar-refractivity contribution in [1.29, 1.82) is 5.26 Å². The first-order valence-corrected chi connectivity index (χ1v) is 7.92. The van der Waals surface area contributed by atoms with Crippen LogP contribution in [0.5, 0.6) is 0 Å². The largest absolute Gasteiger partial charge is 0.383 e. The number of rotatable bonds is 2. The smallest absolute Gasteiger partial charge is 0.142 e. The Bertz CT molecular complexity index is 971. The molecule has 24 heavy (non-hydrogen) atoms. The molecule has 3 aromatic rings. The topological polar surface area (TPSA) is 62.7 Å². The molecule has 0 unspecified atom stereocenters. The second kappa shape index (κ2) is 6.35. The second-order valence-electron chi connectivity index (χ2n) is 5.71. The number of nitrogen functional groups attached to an aromatic ring is 1. The van der Waals surface area contributed by atoms with Gasteiger partial charge in [0.05, 0.1) is 5.69 Å². The maximum absolute atomic E-state index is 9.57. The lowest BCUT2D eigenvalue weighted by Gasteiger charge is -2.15. The summed E-state index contributed by atoms with van der Waals surface area (Å²) in [6.45, 7) is 3.98. The molecule has 0 bridgehead atoms. The van der Waals surface area contributed by atoms with Crippen molar-refractivity contribution < 1.29 is 0 Å². The van der Waals surface area contributed by atoms with Crippen LogP contribution in [-0.2, 0) is 0 Å². The first kappa shape index (κ1) is 16.0. The number of aryl methyl sites for hydroxylation is 1. The Morgan fingerprint density at radius 1 is 1.04 bits per heavy atom. The van der Waals surface area contributed by atoms with Crippen LogP contribution < -0.4 is 5.73 Å². The molecule has 0 atom stereocenters. The number of hydrogen-bond donors (Lipinski definition) is 1. The molecule has 2 N–H and O–H groups in total. The highest BCUT2D eigenvalue weighted by Gasteiger charge is 2.18. The third kappa shape index (κ3) is 2.84. The first-order valence-electron chi connectivity index (χ1n) is 7.54. The number of nitrogens with two attached hydrogens (primary N) is 1. The molecular weight excluding hydrogens is 318 g/mol. The van der Waals surface area contributed by atoms with Gasteiger partial charge in [0.2, 0.25) is 0 Å². The molecule has 0 radical (unpaired) electrons. The van der Waals surface area contributed by atoms with Crippen LogP contribution >= 0.6 is 11.6 Å². The molecular formula is C20H16ClN3. The molecule has 0 amide bonds. The molecule has 2 aromatic carbocycles. The summed E-state index contributed by atoms with van der Waals surface area (Å²) < 4.78 is 0. The van der Waals surface area contributed by atoms with Gasteiger partial charge in [-0.15, -0.1) is 0 Å². The summed E-state index contributed by atoms with van der Waals surface area (Å²) in [5.74, 6) is 0.231. The Hall–Kier alpha value is -2.83. The number of nitriles is 1. The molecule has 0 spiro atoms.